The molecule has 3 N–H and O–H groups in total. The Kier molecular flexibility index (Phi) is 5.44. The summed E-state index contributed by atoms with van der Waals surface area (Å²) in [4.78, 5) is 13.9. The molecule has 1 aliphatic rings. The van der Waals surface area contributed by atoms with Crippen molar-refractivity contribution in [3.8, 4) is 0 Å². The Morgan fingerprint density at radius 3 is 2.50 bits per heavy atom. The second kappa shape index (κ2) is 6.61. The van der Waals surface area contributed by atoms with E-state index in [1.807, 2.05) is 6.92 Å². The van der Waals surface area contributed by atoms with E-state index in [1.165, 1.54) is 0 Å². The molecule has 0 bridgehead atoms. The van der Waals surface area contributed by atoms with Gasteiger partial charge in [-0.2, -0.15) is 0 Å². The Hall–Kier alpha value is -1.26. The van der Waals surface area contributed by atoms with Crippen LogP contribution in [-0.4, -0.2) is 35.4 Å². The first-order chi connectivity index (χ1) is 8.45. The van der Waals surface area contributed by atoms with Crippen LogP contribution in [0.15, 0.2) is 5.16 Å². The molecule has 1 amide bonds. The van der Waals surface area contributed by atoms with Crippen LogP contribution >= 0.6 is 0 Å². The molecule has 0 heterocycles. The maximum atomic E-state index is 12.2. The van der Waals surface area contributed by atoms with E-state index in [-0.39, 0.29) is 23.6 Å². The number of hydrogen-bond donors (Lipinski definition) is 2. The molecule has 104 valence electrons. The molecule has 1 fully saturated rings. The number of rotatable bonds is 4. The van der Waals surface area contributed by atoms with E-state index in [2.05, 4.69) is 12.1 Å². The van der Waals surface area contributed by atoms with Crippen molar-refractivity contribution in [2.45, 2.75) is 39.5 Å². The summed E-state index contributed by atoms with van der Waals surface area (Å²) < 4.78 is 0. The third-order valence-corrected chi connectivity index (χ3v) is 3.91. The fourth-order valence-corrected chi connectivity index (χ4v) is 2.51. The quantitative estimate of drug-likeness (QED) is 0.347. The number of oxime groups is 1. The fourth-order valence-electron chi connectivity index (χ4n) is 2.51. The first-order valence-electron chi connectivity index (χ1n) is 6.68. The predicted molar refractivity (Wildman–Crippen MR) is 71.3 cm³/mol. The molecule has 0 aliphatic heterocycles. The summed E-state index contributed by atoms with van der Waals surface area (Å²) in [6.07, 6.45) is 4.25. The summed E-state index contributed by atoms with van der Waals surface area (Å²) in [6.45, 7) is 4.59. The molecule has 0 radical (unpaired) electrons. The first kappa shape index (κ1) is 14.8. The molecule has 5 nitrogen and oxygen atoms in total. The first-order valence-corrected chi connectivity index (χ1v) is 6.68. The van der Waals surface area contributed by atoms with Crippen molar-refractivity contribution in [3.63, 3.8) is 0 Å². The van der Waals surface area contributed by atoms with Crippen molar-refractivity contribution in [2.75, 3.05) is 13.6 Å². The Balaban J connectivity index is 2.46. The minimum absolute atomic E-state index is 0.119. The zero-order valence-corrected chi connectivity index (χ0v) is 11.6. The highest BCUT2D eigenvalue weighted by Gasteiger charge is 2.27. The molecule has 0 spiro atoms. The molecule has 1 rings (SSSR count). The lowest BCUT2D eigenvalue weighted by molar-refractivity contribution is -0.135. The van der Waals surface area contributed by atoms with E-state index in [9.17, 15) is 4.79 Å². The molecule has 1 saturated carbocycles. The Morgan fingerprint density at radius 1 is 1.44 bits per heavy atom. The fraction of sp³-hybridized carbons (Fsp3) is 0.846. The minimum Gasteiger partial charge on any atom is -0.409 e. The van der Waals surface area contributed by atoms with E-state index in [4.69, 9.17) is 10.9 Å². The van der Waals surface area contributed by atoms with Gasteiger partial charge in [-0.15, -0.1) is 0 Å². The summed E-state index contributed by atoms with van der Waals surface area (Å²) in [5, 5.41) is 11.6. The number of carbonyl (C=O) groups excluding carboxylic acids is 1. The van der Waals surface area contributed by atoms with E-state index in [0.717, 1.165) is 31.6 Å². The third kappa shape index (κ3) is 3.89. The average Bonchev–Trinajstić information content (AvgIpc) is 2.37. The van der Waals surface area contributed by atoms with Crippen LogP contribution in [0, 0.1) is 17.8 Å². The van der Waals surface area contributed by atoms with Crippen molar-refractivity contribution in [3.05, 3.63) is 0 Å². The standard InChI is InChI=1S/C13H25N3O2/c1-9-4-6-11(7-5-9)13(17)16(3)8-10(2)12(14)15-18/h9-11,18H,4-8H2,1-3H3,(H2,14,15). The van der Waals surface area contributed by atoms with Crippen molar-refractivity contribution in [1.29, 1.82) is 0 Å². The van der Waals surface area contributed by atoms with Crippen LogP contribution in [-0.2, 0) is 4.79 Å². The van der Waals surface area contributed by atoms with Crippen molar-refractivity contribution in [2.24, 2.45) is 28.6 Å². The highest BCUT2D eigenvalue weighted by atomic mass is 16.4. The minimum atomic E-state index is -0.119. The van der Waals surface area contributed by atoms with E-state index < -0.39 is 0 Å². The van der Waals surface area contributed by atoms with Crippen LogP contribution in [0.4, 0.5) is 0 Å². The van der Waals surface area contributed by atoms with Crippen LogP contribution in [0.3, 0.4) is 0 Å². The monoisotopic (exact) mass is 255 g/mol. The Bertz CT molecular complexity index is 309. The van der Waals surface area contributed by atoms with Gasteiger partial charge in [-0.25, -0.2) is 0 Å². The number of nitrogens with zero attached hydrogens (tertiary/aromatic N) is 2. The highest BCUT2D eigenvalue weighted by Crippen LogP contribution is 2.29. The average molecular weight is 255 g/mol. The van der Waals surface area contributed by atoms with Crippen molar-refractivity contribution < 1.29 is 10.0 Å². The van der Waals surface area contributed by atoms with Crippen LogP contribution in [0.5, 0.6) is 0 Å². The van der Waals surface area contributed by atoms with Gasteiger partial charge in [0.1, 0.15) is 5.84 Å². The van der Waals surface area contributed by atoms with E-state index >= 15 is 0 Å². The van der Waals surface area contributed by atoms with Gasteiger partial charge in [-0.05, 0) is 31.6 Å². The maximum Gasteiger partial charge on any atom is 0.225 e. The molecule has 0 aromatic rings. The third-order valence-electron chi connectivity index (χ3n) is 3.91. The van der Waals surface area contributed by atoms with E-state index in [1.54, 1.807) is 11.9 Å². The second-order valence-electron chi connectivity index (χ2n) is 5.60. The SMILES string of the molecule is CC1CCC(C(=O)N(C)CC(C)C(N)=NO)CC1. The van der Waals surface area contributed by atoms with Gasteiger partial charge in [0.15, 0.2) is 0 Å². The summed E-state index contributed by atoms with van der Waals surface area (Å²) in [6, 6.07) is 0. The highest BCUT2D eigenvalue weighted by molar-refractivity contribution is 5.83. The molecule has 18 heavy (non-hydrogen) atoms. The van der Waals surface area contributed by atoms with Crippen LogP contribution in [0.25, 0.3) is 0 Å². The number of amidine groups is 1. The lowest BCUT2D eigenvalue weighted by atomic mass is 9.82. The maximum absolute atomic E-state index is 12.2. The van der Waals surface area contributed by atoms with Gasteiger partial charge in [0.2, 0.25) is 5.91 Å². The Labute approximate surface area is 109 Å². The van der Waals surface area contributed by atoms with Gasteiger partial charge in [0.05, 0.1) is 0 Å². The molecule has 0 aromatic heterocycles. The molecule has 1 aliphatic carbocycles. The Morgan fingerprint density at radius 2 is 2.00 bits per heavy atom. The molecule has 5 heteroatoms. The number of carbonyl (C=O) groups is 1. The predicted octanol–water partition coefficient (Wildman–Crippen LogP) is 1.65. The summed E-state index contributed by atoms with van der Waals surface area (Å²) in [5.41, 5.74) is 5.52. The number of hydrogen-bond acceptors (Lipinski definition) is 3. The second-order valence-corrected chi connectivity index (χ2v) is 5.60. The van der Waals surface area contributed by atoms with Gasteiger partial charge >= 0.3 is 0 Å². The summed E-state index contributed by atoms with van der Waals surface area (Å²) in [7, 11) is 1.79. The van der Waals surface area contributed by atoms with Crippen LogP contribution in [0.2, 0.25) is 0 Å². The normalized spacial score (nSPS) is 26.7. The van der Waals surface area contributed by atoms with E-state index in [0.29, 0.717) is 6.54 Å². The number of amides is 1. The smallest absolute Gasteiger partial charge is 0.225 e. The zero-order valence-electron chi connectivity index (χ0n) is 11.6. The molecule has 1 unspecified atom stereocenters. The molecule has 0 aromatic carbocycles. The summed E-state index contributed by atoms with van der Waals surface area (Å²) in [5.74, 6) is 1.15. The molecule has 1 atom stereocenters. The van der Waals surface area contributed by atoms with Gasteiger partial charge < -0.3 is 15.8 Å². The molecular formula is C13H25N3O2. The topological polar surface area (TPSA) is 78.9 Å². The van der Waals surface area contributed by atoms with Crippen molar-refractivity contribution >= 4 is 11.7 Å². The largest absolute Gasteiger partial charge is 0.409 e. The lowest BCUT2D eigenvalue weighted by Gasteiger charge is -2.30. The molecule has 0 saturated heterocycles. The van der Waals surface area contributed by atoms with Crippen LogP contribution in [0.1, 0.15) is 39.5 Å². The van der Waals surface area contributed by atoms with Gasteiger partial charge in [-0.1, -0.05) is 19.0 Å². The molecular weight excluding hydrogens is 230 g/mol. The van der Waals surface area contributed by atoms with Crippen molar-refractivity contribution in [1.82, 2.24) is 4.90 Å². The lowest BCUT2D eigenvalue weighted by Crippen LogP contribution is -2.40. The summed E-state index contributed by atoms with van der Waals surface area (Å²) >= 11 is 0. The van der Waals surface area contributed by atoms with Gasteiger partial charge in [0, 0.05) is 25.4 Å². The number of nitrogens with two attached hydrogens (primary N) is 1. The zero-order chi connectivity index (χ0) is 13.7. The van der Waals surface area contributed by atoms with Crippen LogP contribution < -0.4 is 5.73 Å². The van der Waals surface area contributed by atoms with Gasteiger partial charge in [0.25, 0.3) is 0 Å². The van der Waals surface area contributed by atoms with Gasteiger partial charge in [-0.3, -0.25) is 4.79 Å².